The van der Waals surface area contributed by atoms with E-state index >= 15 is 0 Å². The van der Waals surface area contributed by atoms with Crippen molar-refractivity contribution in [3.05, 3.63) is 46.0 Å². The molecule has 0 aliphatic rings. The lowest BCUT2D eigenvalue weighted by molar-refractivity contribution is 0.627. The lowest BCUT2D eigenvalue weighted by atomic mass is 10.1. The number of pyridine rings is 1. The molecule has 4 nitrogen and oxygen atoms in total. The van der Waals surface area contributed by atoms with Crippen LogP contribution in [0.2, 0.25) is 5.02 Å². The predicted molar refractivity (Wildman–Crippen MR) is 77.2 cm³/mol. The molecule has 5 heteroatoms. The van der Waals surface area contributed by atoms with Crippen molar-refractivity contribution in [1.82, 2.24) is 14.8 Å². The minimum absolute atomic E-state index is 0.169. The first kappa shape index (κ1) is 14.0. The van der Waals surface area contributed by atoms with Gasteiger partial charge in [0.2, 0.25) is 0 Å². The van der Waals surface area contributed by atoms with E-state index in [2.05, 4.69) is 10.1 Å². The Hall–Kier alpha value is -1.39. The van der Waals surface area contributed by atoms with E-state index in [0.717, 1.165) is 34.1 Å². The van der Waals surface area contributed by atoms with E-state index in [1.807, 2.05) is 37.7 Å². The van der Waals surface area contributed by atoms with Gasteiger partial charge in [0.1, 0.15) is 0 Å². The molecule has 0 saturated heterocycles. The Kier molecular flexibility index (Phi) is 4.22. The number of halogens is 1. The maximum atomic E-state index is 6.33. The van der Waals surface area contributed by atoms with E-state index in [0.29, 0.717) is 6.42 Å². The van der Waals surface area contributed by atoms with Crippen LogP contribution < -0.4 is 5.73 Å². The van der Waals surface area contributed by atoms with Gasteiger partial charge in [0.15, 0.2) is 0 Å². The van der Waals surface area contributed by atoms with Crippen molar-refractivity contribution in [1.29, 1.82) is 0 Å². The van der Waals surface area contributed by atoms with Crippen LogP contribution in [-0.2, 0) is 19.9 Å². The Morgan fingerprint density at radius 2 is 2.21 bits per heavy atom. The summed E-state index contributed by atoms with van der Waals surface area (Å²) in [6, 6.07) is 3.80. The SMILES string of the molecule is CCc1nn(C)c(CC(N)c2cc(C)ccn2)c1Cl. The molecule has 2 rings (SSSR count). The standard InChI is InChI=1S/C14H19ClN4/c1-4-11-14(15)13(19(3)18-11)8-10(16)12-7-9(2)5-6-17-12/h5-7,10H,4,8,16H2,1-3H3. The van der Waals surface area contributed by atoms with Gasteiger partial charge in [-0.1, -0.05) is 18.5 Å². The molecule has 0 aliphatic heterocycles. The Balaban J connectivity index is 2.24. The van der Waals surface area contributed by atoms with Crippen LogP contribution in [0.25, 0.3) is 0 Å². The van der Waals surface area contributed by atoms with E-state index in [-0.39, 0.29) is 6.04 Å². The fourth-order valence-corrected chi connectivity index (χ4v) is 2.49. The van der Waals surface area contributed by atoms with Crippen molar-refractivity contribution in [2.45, 2.75) is 32.7 Å². The zero-order valence-electron chi connectivity index (χ0n) is 11.5. The number of hydrogen-bond acceptors (Lipinski definition) is 3. The molecule has 0 fully saturated rings. The van der Waals surface area contributed by atoms with E-state index in [1.54, 1.807) is 6.20 Å². The maximum Gasteiger partial charge on any atom is 0.0850 e. The van der Waals surface area contributed by atoms with Crippen molar-refractivity contribution < 1.29 is 0 Å². The van der Waals surface area contributed by atoms with Crippen LogP contribution in [0.4, 0.5) is 0 Å². The third-order valence-electron chi connectivity index (χ3n) is 3.23. The molecule has 2 aromatic heterocycles. The third kappa shape index (κ3) is 2.96. The van der Waals surface area contributed by atoms with E-state index in [9.17, 15) is 0 Å². The van der Waals surface area contributed by atoms with Gasteiger partial charge in [-0.05, 0) is 31.0 Å². The Labute approximate surface area is 118 Å². The van der Waals surface area contributed by atoms with Crippen molar-refractivity contribution in [3.8, 4) is 0 Å². The fraction of sp³-hybridized carbons (Fsp3) is 0.429. The fourth-order valence-electron chi connectivity index (χ4n) is 2.12. The van der Waals surface area contributed by atoms with Crippen LogP contribution in [0.3, 0.4) is 0 Å². The normalized spacial score (nSPS) is 12.7. The Bertz CT molecular complexity index is 577. The summed E-state index contributed by atoms with van der Waals surface area (Å²) in [5, 5.41) is 5.13. The minimum Gasteiger partial charge on any atom is -0.322 e. The van der Waals surface area contributed by atoms with Crippen molar-refractivity contribution in [2.24, 2.45) is 12.8 Å². The number of rotatable bonds is 4. The highest BCUT2D eigenvalue weighted by molar-refractivity contribution is 6.31. The first-order valence-corrected chi connectivity index (χ1v) is 6.79. The number of nitrogens with zero attached hydrogens (tertiary/aromatic N) is 3. The second-order valence-electron chi connectivity index (χ2n) is 4.75. The average Bonchev–Trinajstić information content (AvgIpc) is 2.66. The summed E-state index contributed by atoms with van der Waals surface area (Å²) >= 11 is 6.33. The van der Waals surface area contributed by atoms with Gasteiger partial charge in [-0.2, -0.15) is 5.10 Å². The van der Waals surface area contributed by atoms with Gasteiger partial charge in [-0.25, -0.2) is 0 Å². The second kappa shape index (κ2) is 5.72. The smallest absolute Gasteiger partial charge is 0.0850 e. The molecule has 0 amide bonds. The van der Waals surface area contributed by atoms with Crippen LogP contribution in [0.15, 0.2) is 18.3 Å². The lowest BCUT2D eigenvalue weighted by Gasteiger charge is -2.12. The van der Waals surface area contributed by atoms with E-state index < -0.39 is 0 Å². The van der Waals surface area contributed by atoms with Gasteiger partial charge in [-0.3, -0.25) is 9.67 Å². The molecule has 2 heterocycles. The largest absolute Gasteiger partial charge is 0.322 e. The molecule has 1 atom stereocenters. The second-order valence-corrected chi connectivity index (χ2v) is 5.13. The summed E-state index contributed by atoms with van der Waals surface area (Å²) in [5.74, 6) is 0. The summed E-state index contributed by atoms with van der Waals surface area (Å²) in [7, 11) is 1.90. The highest BCUT2D eigenvalue weighted by atomic mass is 35.5. The van der Waals surface area contributed by atoms with Crippen LogP contribution >= 0.6 is 11.6 Å². The van der Waals surface area contributed by atoms with Crippen LogP contribution in [-0.4, -0.2) is 14.8 Å². The summed E-state index contributed by atoms with van der Waals surface area (Å²) in [6.45, 7) is 4.07. The molecule has 0 saturated carbocycles. The Morgan fingerprint density at radius 1 is 1.47 bits per heavy atom. The van der Waals surface area contributed by atoms with E-state index in [1.165, 1.54) is 0 Å². The molecular formula is C14H19ClN4. The summed E-state index contributed by atoms with van der Waals surface area (Å²) in [5.41, 5.74) is 10.2. The van der Waals surface area contributed by atoms with E-state index in [4.69, 9.17) is 17.3 Å². The van der Waals surface area contributed by atoms with Gasteiger partial charge in [-0.15, -0.1) is 0 Å². The van der Waals surface area contributed by atoms with Gasteiger partial charge >= 0.3 is 0 Å². The molecule has 0 radical (unpaired) electrons. The average molecular weight is 279 g/mol. The molecule has 0 bridgehead atoms. The monoisotopic (exact) mass is 278 g/mol. The topological polar surface area (TPSA) is 56.7 Å². The molecular weight excluding hydrogens is 260 g/mol. The quantitative estimate of drug-likeness (QED) is 0.935. The first-order valence-electron chi connectivity index (χ1n) is 6.41. The highest BCUT2D eigenvalue weighted by Crippen LogP contribution is 2.24. The van der Waals surface area contributed by atoms with Gasteiger partial charge in [0, 0.05) is 19.7 Å². The molecule has 2 N–H and O–H groups in total. The van der Waals surface area contributed by atoms with Crippen molar-refractivity contribution in [3.63, 3.8) is 0 Å². The summed E-state index contributed by atoms with van der Waals surface area (Å²) in [6.07, 6.45) is 3.25. The summed E-state index contributed by atoms with van der Waals surface area (Å²) < 4.78 is 1.82. The predicted octanol–water partition coefficient (Wildman–Crippen LogP) is 2.58. The molecule has 102 valence electrons. The molecule has 0 spiro atoms. The number of nitrogens with two attached hydrogens (primary N) is 1. The Morgan fingerprint density at radius 3 is 2.79 bits per heavy atom. The van der Waals surface area contributed by atoms with Crippen molar-refractivity contribution in [2.75, 3.05) is 0 Å². The number of hydrogen-bond donors (Lipinski definition) is 1. The number of aryl methyl sites for hydroxylation is 3. The molecule has 1 unspecified atom stereocenters. The van der Waals surface area contributed by atoms with Crippen molar-refractivity contribution >= 4 is 11.6 Å². The van der Waals surface area contributed by atoms with Gasteiger partial charge in [0.05, 0.1) is 28.1 Å². The molecule has 2 aromatic rings. The number of aromatic nitrogens is 3. The molecule has 0 aromatic carbocycles. The zero-order valence-corrected chi connectivity index (χ0v) is 12.3. The van der Waals surface area contributed by atoms with Crippen LogP contribution in [0.1, 0.15) is 35.6 Å². The highest BCUT2D eigenvalue weighted by Gasteiger charge is 2.17. The maximum absolute atomic E-state index is 6.33. The zero-order chi connectivity index (χ0) is 14.0. The molecule has 0 aliphatic carbocycles. The van der Waals surface area contributed by atoms with Crippen LogP contribution in [0, 0.1) is 6.92 Å². The van der Waals surface area contributed by atoms with Gasteiger partial charge < -0.3 is 5.73 Å². The first-order chi connectivity index (χ1) is 9.02. The lowest BCUT2D eigenvalue weighted by Crippen LogP contribution is -2.17. The molecule has 19 heavy (non-hydrogen) atoms. The van der Waals surface area contributed by atoms with Crippen LogP contribution in [0.5, 0.6) is 0 Å². The third-order valence-corrected chi connectivity index (χ3v) is 3.67. The summed E-state index contributed by atoms with van der Waals surface area (Å²) in [4.78, 5) is 4.32. The van der Waals surface area contributed by atoms with Gasteiger partial charge in [0.25, 0.3) is 0 Å². The minimum atomic E-state index is -0.169.